The second kappa shape index (κ2) is 8.92. The van der Waals surface area contributed by atoms with Crippen molar-refractivity contribution < 1.29 is 10.2 Å². The molecule has 0 saturated heterocycles. The number of aliphatic hydroxyl groups is 1. The minimum atomic E-state index is -0.00705. The van der Waals surface area contributed by atoms with Crippen molar-refractivity contribution in [3.63, 3.8) is 0 Å². The van der Waals surface area contributed by atoms with Crippen molar-refractivity contribution >= 4 is 18.0 Å². The van der Waals surface area contributed by atoms with Crippen LogP contribution >= 0.6 is 0 Å². The number of pyridine rings is 1. The Hall–Kier alpha value is -3.52. The first-order valence-electron chi connectivity index (χ1n) is 8.77. The van der Waals surface area contributed by atoms with Crippen LogP contribution in [-0.2, 0) is 0 Å². The number of benzene rings is 1. The van der Waals surface area contributed by atoms with Gasteiger partial charge in [0.1, 0.15) is 5.75 Å². The first-order chi connectivity index (χ1) is 13.6. The van der Waals surface area contributed by atoms with Crippen molar-refractivity contribution in [1.82, 2.24) is 15.0 Å². The molecule has 0 radical (unpaired) electrons. The molecule has 0 amide bonds. The van der Waals surface area contributed by atoms with E-state index < -0.39 is 0 Å². The summed E-state index contributed by atoms with van der Waals surface area (Å²) in [5, 5.41) is 23.3. The average molecular weight is 378 g/mol. The minimum absolute atomic E-state index is 0.00705. The molecule has 28 heavy (non-hydrogen) atoms. The summed E-state index contributed by atoms with van der Waals surface area (Å²) in [6.45, 7) is 2.34. The maximum Gasteiger partial charge on any atom is 0.227 e. The number of aromatic nitrogens is 3. The number of anilines is 2. The quantitative estimate of drug-likeness (QED) is 0.428. The summed E-state index contributed by atoms with van der Waals surface area (Å²) in [6.07, 6.45) is 4.92. The van der Waals surface area contributed by atoms with E-state index in [9.17, 15) is 10.2 Å². The number of hydrogen-bond donors (Lipinski definition) is 3. The molecule has 0 spiro atoms. The van der Waals surface area contributed by atoms with E-state index in [0.29, 0.717) is 29.6 Å². The highest BCUT2D eigenvalue weighted by atomic mass is 16.3. The normalized spacial score (nSPS) is 11.0. The van der Waals surface area contributed by atoms with Crippen LogP contribution in [0, 0.1) is 6.92 Å². The fourth-order valence-electron chi connectivity index (χ4n) is 2.53. The minimum Gasteiger partial charge on any atom is -0.507 e. The summed E-state index contributed by atoms with van der Waals surface area (Å²) < 4.78 is 0. The molecule has 3 rings (SSSR count). The van der Waals surface area contributed by atoms with Crippen molar-refractivity contribution in [3.05, 3.63) is 59.9 Å². The van der Waals surface area contributed by atoms with Gasteiger partial charge in [0.05, 0.1) is 18.5 Å². The molecule has 0 fully saturated rings. The second-order valence-electron chi connectivity index (χ2n) is 6.25. The molecule has 2 heterocycles. The van der Waals surface area contributed by atoms with Gasteiger partial charge in [-0.25, -0.2) is 4.98 Å². The standard InChI is InChI=1S/C20H22N6O2/c1-14-3-4-18(28)16(11-14)13-22-25-19-12-17(15-5-7-21-8-6-15)23-20(24-19)26(2)9-10-27/h3-8,11-13,27-28H,9-10H2,1-2H3,(H,23,24,25)/b22-13+. The number of aromatic hydroxyl groups is 1. The molecule has 8 heteroatoms. The lowest BCUT2D eigenvalue weighted by molar-refractivity contribution is 0.303. The number of likely N-dealkylation sites (N-methyl/N-ethyl adjacent to an activating group) is 1. The van der Waals surface area contributed by atoms with E-state index in [1.54, 1.807) is 36.5 Å². The Balaban J connectivity index is 1.89. The average Bonchev–Trinajstić information content (AvgIpc) is 2.71. The zero-order valence-corrected chi connectivity index (χ0v) is 15.7. The number of nitrogens with one attached hydrogen (secondary N) is 1. The van der Waals surface area contributed by atoms with Crippen LogP contribution in [0.3, 0.4) is 0 Å². The molecule has 3 aromatic rings. The highest BCUT2D eigenvalue weighted by Crippen LogP contribution is 2.22. The largest absolute Gasteiger partial charge is 0.507 e. The molecule has 144 valence electrons. The molecule has 0 aliphatic heterocycles. The van der Waals surface area contributed by atoms with Gasteiger partial charge in [0.25, 0.3) is 0 Å². The molecular formula is C20H22N6O2. The highest BCUT2D eigenvalue weighted by molar-refractivity contribution is 5.84. The van der Waals surface area contributed by atoms with Crippen LogP contribution in [0.25, 0.3) is 11.3 Å². The number of aliphatic hydroxyl groups excluding tert-OH is 1. The molecule has 0 atom stereocenters. The monoisotopic (exact) mass is 378 g/mol. The van der Waals surface area contributed by atoms with Crippen LogP contribution < -0.4 is 10.3 Å². The second-order valence-corrected chi connectivity index (χ2v) is 6.25. The molecule has 2 aromatic heterocycles. The maximum absolute atomic E-state index is 9.92. The Morgan fingerprint density at radius 3 is 2.68 bits per heavy atom. The molecule has 0 bridgehead atoms. The summed E-state index contributed by atoms with van der Waals surface area (Å²) in [7, 11) is 1.81. The third-order valence-electron chi connectivity index (χ3n) is 4.03. The molecule has 0 unspecified atom stereocenters. The summed E-state index contributed by atoms with van der Waals surface area (Å²) in [5.74, 6) is 1.10. The molecule has 0 saturated carbocycles. The Bertz CT molecular complexity index is 962. The van der Waals surface area contributed by atoms with Crippen LogP contribution in [0.2, 0.25) is 0 Å². The maximum atomic E-state index is 9.92. The number of hydrogen-bond acceptors (Lipinski definition) is 8. The summed E-state index contributed by atoms with van der Waals surface area (Å²) in [4.78, 5) is 14.8. The first-order valence-corrected chi connectivity index (χ1v) is 8.77. The number of rotatable bonds is 7. The van der Waals surface area contributed by atoms with E-state index in [-0.39, 0.29) is 12.4 Å². The number of hydrazone groups is 1. The summed E-state index contributed by atoms with van der Waals surface area (Å²) >= 11 is 0. The summed E-state index contributed by atoms with van der Waals surface area (Å²) in [6, 6.07) is 10.8. The van der Waals surface area contributed by atoms with Gasteiger partial charge in [0, 0.05) is 43.2 Å². The topological polar surface area (TPSA) is 107 Å². The fourth-order valence-corrected chi connectivity index (χ4v) is 2.53. The predicted octanol–water partition coefficient (Wildman–Crippen LogP) is 2.43. The lowest BCUT2D eigenvalue weighted by Gasteiger charge is -2.17. The van der Waals surface area contributed by atoms with Crippen LogP contribution in [-0.4, -0.2) is 51.6 Å². The third-order valence-corrected chi connectivity index (χ3v) is 4.03. The van der Waals surface area contributed by atoms with Crippen molar-refractivity contribution in [2.45, 2.75) is 6.92 Å². The third kappa shape index (κ3) is 4.80. The van der Waals surface area contributed by atoms with Gasteiger partial charge >= 0.3 is 0 Å². The van der Waals surface area contributed by atoms with E-state index >= 15 is 0 Å². The summed E-state index contributed by atoms with van der Waals surface area (Å²) in [5.41, 5.74) is 6.11. The van der Waals surface area contributed by atoms with Crippen LogP contribution in [0.4, 0.5) is 11.8 Å². The van der Waals surface area contributed by atoms with E-state index in [1.165, 1.54) is 6.21 Å². The molecule has 1 aromatic carbocycles. The zero-order chi connectivity index (χ0) is 19.9. The Morgan fingerprint density at radius 2 is 1.93 bits per heavy atom. The zero-order valence-electron chi connectivity index (χ0n) is 15.7. The van der Waals surface area contributed by atoms with Crippen molar-refractivity contribution in [2.75, 3.05) is 30.5 Å². The van der Waals surface area contributed by atoms with Gasteiger partial charge in [-0.05, 0) is 31.2 Å². The Labute approximate surface area is 163 Å². The van der Waals surface area contributed by atoms with Crippen LogP contribution in [0.5, 0.6) is 5.75 Å². The lowest BCUT2D eigenvalue weighted by Crippen LogP contribution is -2.23. The lowest BCUT2D eigenvalue weighted by atomic mass is 10.1. The van der Waals surface area contributed by atoms with Gasteiger partial charge in [-0.2, -0.15) is 10.1 Å². The van der Waals surface area contributed by atoms with Gasteiger partial charge in [0.15, 0.2) is 5.82 Å². The molecule has 0 aliphatic rings. The highest BCUT2D eigenvalue weighted by Gasteiger charge is 2.10. The van der Waals surface area contributed by atoms with E-state index in [2.05, 4.69) is 25.5 Å². The first kappa shape index (κ1) is 19.2. The van der Waals surface area contributed by atoms with Crippen molar-refractivity contribution in [1.29, 1.82) is 0 Å². The van der Waals surface area contributed by atoms with Gasteiger partial charge in [0.2, 0.25) is 5.95 Å². The van der Waals surface area contributed by atoms with E-state index in [1.807, 2.05) is 31.2 Å². The smallest absolute Gasteiger partial charge is 0.227 e. The molecular weight excluding hydrogens is 356 g/mol. The van der Waals surface area contributed by atoms with Gasteiger partial charge in [-0.15, -0.1) is 0 Å². The molecule has 8 nitrogen and oxygen atoms in total. The van der Waals surface area contributed by atoms with Crippen LogP contribution in [0.15, 0.2) is 53.9 Å². The number of aryl methyl sites for hydroxylation is 1. The van der Waals surface area contributed by atoms with Gasteiger partial charge < -0.3 is 15.1 Å². The van der Waals surface area contributed by atoms with Crippen molar-refractivity contribution in [2.24, 2.45) is 5.10 Å². The van der Waals surface area contributed by atoms with E-state index in [0.717, 1.165) is 11.1 Å². The fraction of sp³-hybridized carbons (Fsp3) is 0.200. The Kier molecular flexibility index (Phi) is 6.13. The predicted molar refractivity (Wildman–Crippen MR) is 110 cm³/mol. The SMILES string of the molecule is Cc1ccc(O)c(/C=N/Nc2cc(-c3ccncc3)nc(N(C)CCO)n2)c1. The molecule has 0 aliphatic carbocycles. The van der Waals surface area contributed by atoms with E-state index in [4.69, 9.17) is 0 Å². The van der Waals surface area contributed by atoms with Crippen molar-refractivity contribution in [3.8, 4) is 17.0 Å². The van der Waals surface area contributed by atoms with Gasteiger partial charge in [-0.3, -0.25) is 10.4 Å². The number of nitrogens with zero attached hydrogens (tertiary/aromatic N) is 5. The Morgan fingerprint density at radius 1 is 1.14 bits per heavy atom. The molecule has 3 N–H and O–H groups in total. The number of phenolic OH excluding ortho intramolecular Hbond substituents is 1. The van der Waals surface area contributed by atoms with Crippen LogP contribution in [0.1, 0.15) is 11.1 Å². The number of phenols is 1. The van der Waals surface area contributed by atoms with Gasteiger partial charge in [-0.1, -0.05) is 11.6 Å².